The van der Waals surface area contributed by atoms with Crippen LogP contribution in [0.1, 0.15) is 40.0 Å². The van der Waals surface area contributed by atoms with Crippen LogP contribution in [0.5, 0.6) is 0 Å². The Morgan fingerprint density at radius 2 is 1.56 bits per heavy atom. The molecule has 0 aromatic carbocycles. The average molecular weight is 405 g/mol. The average Bonchev–Trinajstić information content (AvgIpc) is 2.62. The zero-order valence-electron chi connectivity index (χ0n) is 17.0. The molecule has 2 saturated heterocycles. The Bertz CT molecular complexity index is 556. The summed E-state index contributed by atoms with van der Waals surface area (Å²) in [5, 5.41) is 3.06. The van der Waals surface area contributed by atoms with Crippen molar-refractivity contribution in [1.82, 2.24) is 18.8 Å². The maximum Gasteiger partial charge on any atom is 0.282 e. The van der Waals surface area contributed by atoms with E-state index in [-0.39, 0.29) is 11.9 Å². The molecular weight excluding hydrogens is 368 g/mol. The normalized spacial score (nSPS) is 22.1. The van der Waals surface area contributed by atoms with Gasteiger partial charge in [-0.25, -0.2) is 0 Å². The fourth-order valence-electron chi connectivity index (χ4n) is 3.49. The number of rotatable bonds is 9. The molecule has 2 aliphatic heterocycles. The van der Waals surface area contributed by atoms with Gasteiger partial charge in [0, 0.05) is 45.3 Å². The SMILES string of the molecule is CC(C)CCC[C@@H](C)NC(=O)CN1CCN(S(=O)(=O)N2CCOCC2)CC1. The highest BCUT2D eigenvalue weighted by molar-refractivity contribution is 7.86. The summed E-state index contributed by atoms with van der Waals surface area (Å²) in [5.41, 5.74) is 0. The van der Waals surface area contributed by atoms with Crippen molar-refractivity contribution in [3.05, 3.63) is 0 Å². The highest BCUT2D eigenvalue weighted by atomic mass is 32.2. The Kier molecular flexibility index (Phi) is 8.94. The van der Waals surface area contributed by atoms with E-state index in [1.165, 1.54) is 15.0 Å². The standard InChI is InChI=1S/C18H36N4O4S/c1-16(2)5-4-6-17(3)19-18(23)15-20-7-9-21(10-8-20)27(24,25)22-11-13-26-14-12-22/h16-17H,4-15H2,1-3H3,(H,19,23)/t17-/m1/s1. The van der Waals surface area contributed by atoms with Crippen LogP contribution in [0.4, 0.5) is 0 Å². The van der Waals surface area contributed by atoms with Gasteiger partial charge in [0.1, 0.15) is 0 Å². The molecule has 27 heavy (non-hydrogen) atoms. The molecular formula is C18H36N4O4S. The predicted octanol–water partition coefficient (Wildman–Crippen LogP) is 0.512. The van der Waals surface area contributed by atoms with E-state index in [0.717, 1.165) is 12.8 Å². The van der Waals surface area contributed by atoms with Crippen molar-refractivity contribution in [1.29, 1.82) is 0 Å². The van der Waals surface area contributed by atoms with Gasteiger partial charge >= 0.3 is 0 Å². The molecule has 0 aromatic heterocycles. The third-order valence-corrected chi connectivity index (χ3v) is 7.18. The number of carbonyl (C=O) groups excluding carboxylic acids is 1. The van der Waals surface area contributed by atoms with Crippen molar-refractivity contribution in [3.63, 3.8) is 0 Å². The molecule has 8 nitrogen and oxygen atoms in total. The largest absolute Gasteiger partial charge is 0.379 e. The number of amides is 1. The van der Waals surface area contributed by atoms with E-state index in [2.05, 4.69) is 19.2 Å². The Morgan fingerprint density at radius 3 is 2.15 bits per heavy atom. The third kappa shape index (κ3) is 7.30. The van der Waals surface area contributed by atoms with Crippen LogP contribution in [0.25, 0.3) is 0 Å². The third-order valence-electron chi connectivity index (χ3n) is 5.15. The van der Waals surface area contributed by atoms with Crippen molar-refractivity contribution in [2.24, 2.45) is 5.92 Å². The molecule has 9 heteroatoms. The summed E-state index contributed by atoms with van der Waals surface area (Å²) in [6, 6.07) is 0.180. The van der Waals surface area contributed by atoms with Crippen LogP contribution >= 0.6 is 0 Å². The van der Waals surface area contributed by atoms with Crippen LogP contribution in [0.3, 0.4) is 0 Å². The lowest BCUT2D eigenvalue weighted by molar-refractivity contribution is -0.123. The molecule has 158 valence electrons. The molecule has 2 rings (SSSR count). The zero-order valence-corrected chi connectivity index (χ0v) is 17.8. The summed E-state index contributed by atoms with van der Waals surface area (Å²) in [7, 11) is -3.41. The monoisotopic (exact) mass is 404 g/mol. The van der Waals surface area contributed by atoms with Gasteiger partial charge in [0.05, 0.1) is 19.8 Å². The fraction of sp³-hybridized carbons (Fsp3) is 0.944. The molecule has 2 heterocycles. The summed E-state index contributed by atoms with van der Waals surface area (Å²) in [6.45, 7) is 10.6. The zero-order chi connectivity index (χ0) is 19.9. The molecule has 0 spiro atoms. The first kappa shape index (κ1) is 22.5. The van der Waals surface area contributed by atoms with Crippen molar-refractivity contribution < 1.29 is 17.9 Å². The minimum atomic E-state index is -3.41. The molecule has 1 N–H and O–H groups in total. The first-order valence-corrected chi connectivity index (χ1v) is 11.5. The van der Waals surface area contributed by atoms with E-state index < -0.39 is 10.2 Å². The Hall–Kier alpha value is -0.740. The summed E-state index contributed by atoms with van der Waals surface area (Å²) >= 11 is 0. The molecule has 0 aliphatic carbocycles. The van der Waals surface area contributed by atoms with Gasteiger partial charge in [0.15, 0.2) is 0 Å². The summed E-state index contributed by atoms with van der Waals surface area (Å²) in [6.07, 6.45) is 3.30. The minimum Gasteiger partial charge on any atom is -0.379 e. The summed E-state index contributed by atoms with van der Waals surface area (Å²) in [4.78, 5) is 14.3. The van der Waals surface area contributed by atoms with E-state index in [4.69, 9.17) is 4.74 Å². The second-order valence-electron chi connectivity index (χ2n) is 7.99. The van der Waals surface area contributed by atoms with E-state index >= 15 is 0 Å². The Morgan fingerprint density at radius 1 is 0.963 bits per heavy atom. The number of hydrogen-bond acceptors (Lipinski definition) is 5. The highest BCUT2D eigenvalue weighted by Gasteiger charge is 2.33. The lowest BCUT2D eigenvalue weighted by Crippen LogP contribution is -2.56. The number of piperazine rings is 1. The highest BCUT2D eigenvalue weighted by Crippen LogP contribution is 2.14. The number of hydrogen-bond donors (Lipinski definition) is 1. The van der Waals surface area contributed by atoms with Crippen LogP contribution in [-0.4, -0.2) is 92.9 Å². The summed E-state index contributed by atoms with van der Waals surface area (Å²) in [5.74, 6) is 0.717. The van der Waals surface area contributed by atoms with E-state index in [0.29, 0.717) is 64.9 Å². The molecule has 1 amide bonds. The Balaban J connectivity index is 1.70. The van der Waals surface area contributed by atoms with Gasteiger partial charge in [-0.3, -0.25) is 9.69 Å². The van der Waals surface area contributed by atoms with E-state index in [1.54, 1.807) is 0 Å². The Labute approximate surface area is 164 Å². The molecule has 0 unspecified atom stereocenters. The van der Waals surface area contributed by atoms with Crippen LogP contribution in [0, 0.1) is 5.92 Å². The molecule has 0 aromatic rings. The second-order valence-corrected chi connectivity index (χ2v) is 9.92. The van der Waals surface area contributed by atoms with Gasteiger partial charge in [-0.2, -0.15) is 17.0 Å². The van der Waals surface area contributed by atoms with Crippen LogP contribution in [0.15, 0.2) is 0 Å². The van der Waals surface area contributed by atoms with Crippen molar-refractivity contribution in [2.45, 2.75) is 46.1 Å². The molecule has 2 aliphatic rings. The summed E-state index contributed by atoms with van der Waals surface area (Å²) < 4.78 is 33.6. The quantitative estimate of drug-likeness (QED) is 0.606. The lowest BCUT2D eigenvalue weighted by atomic mass is 10.0. The molecule has 0 bridgehead atoms. The lowest BCUT2D eigenvalue weighted by Gasteiger charge is -2.37. The molecule has 1 atom stereocenters. The van der Waals surface area contributed by atoms with Crippen LogP contribution in [-0.2, 0) is 19.7 Å². The van der Waals surface area contributed by atoms with Gasteiger partial charge in [-0.1, -0.05) is 26.7 Å². The smallest absolute Gasteiger partial charge is 0.282 e. The topological polar surface area (TPSA) is 82.2 Å². The maximum atomic E-state index is 12.7. The maximum absolute atomic E-state index is 12.7. The van der Waals surface area contributed by atoms with E-state index in [1.807, 2.05) is 11.8 Å². The van der Waals surface area contributed by atoms with Crippen LogP contribution in [0.2, 0.25) is 0 Å². The number of ether oxygens (including phenoxy) is 1. The number of nitrogens with zero attached hydrogens (tertiary/aromatic N) is 3. The van der Waals surface area contributed by atoms with Crippen molar-refractivity contribution in [2.75, 3.05) is 59.0 Å². The number of morpholine rings is 1. The van der Waals surface area contributed by atoms with Gasteiger partial charge in [0.2, 0.25) is 5.91 Å². The van der Waals surface area contributed by atoms with Crippen molar-refractivity contribution in [3.8, 4) is 0 Å². The molecule has 2 fully saturated rings. The number of nitrogens with one attached hydrogen (secondary N) is 1. The van der Waals surface area contributed by atoms with E-state index in [9.17, 15) is 13.2 Å². The fourth-order valence-corrected chi connectivity index (χ4v) is 5.05. The molecule has 0 radical (unpaired) electrons. The minimum absolute atomic E-state index is 0.0246. The predicted molar refractivity (Wildman–Crippen MR) is 106 cm³/mol. The van der Waals surface area contributed by atoms with Gasteiger partial charge in [-0.05, 0) is 19.3 Å². The first-order chi connectivity index (χ1) is 12.8. The molecule has 0 saturated carbocycles. The first-order valence-electron chi connectivity index (χ1n) is 10.1. The number of carbonyl (C=O) groups is 1. The second kappa shape index (κ2) is 10.7. The van der Waals surface area contributed by atoms with Gasteiger partial charge in [-0.15, -0.1) is 0 Å². The van der Waals surface area contributed by atoms with Crippen molar-refractivity contribution >= 4 is 16.1 Å². The van der Waals surface area contributed by atoms with Gasteiger partial charge < -0.3 is 10.1 Å². The van der Waals surface area contributed by atoms with Gasteiger partial charge in [0.25, 0.3) is 10.2 Å². The van der Waals surface area contributed by atoms with Crippen LogP contribution < -0.4 is 5.32 Å².